The molecule has 1 aliphatic heterocycles. The number of hydrogen-bond acceptors (Lipinski definition) is 12. The van der Waals surface area contributed by atoms with Crippen molar-refractivity contribution in [2.24, 2.45) is 0 Å². The van der Waals surface area contributed by atoms with Crippen LogP contribution in [-0.2, 0) is 4.74 Å². The van der Waals surface area contributed by atoms with Gasteiger partial charge in [0.1, 0.15) is 41.3 Å². The van der Waals surface area contributed by atoms with Gasteiger partial charge >= 0.3 is 0 Å². The van der Waals surface area contributed by atoms with Crippen LogP contribution in [0, 0.1) is 0 Å². The molecule has 200 valence electrons. The second-order valence-electron chi connectivity index (χ2n) is 8.15. The van der Waals surface area contributed by atoms with E-state index in [2.05, 4.69) is 0 Å². The Morgan fingerprint density at radius 1 is 0.838 bits per heavy atom. The number of ether oxygens (including phenoxy) is 6. The number of methoxy groups -OCH3 is 4. The van der Waals surface area contributed by atoms with Crippen LogP contribution in [0.2, 0.25) is 0 Å². The third-order valence-electron chi connectivity index (χ3n) is 6.07. The first-order chi connectivity index (χ1) is 17.8. The zero-order valence-corrected chi connectivity index (χ0v) is 20.5. The first kappa shape index (κ1) is 26.5. The molecular formula is C25H28O12. The highest BCUT2D eigenvalue weighted by molar-refractivity contribution is 5.92. The molecule has 0 aliphatic carbocycles. The second kappa shape index (κ2) is 10.8. The Labute approximate surface area is 211 Å². The van der Waals surface area contributed by atoms with E-state index in [9.17, 15) is 25.2 Å². The van der Waals surface area contributed by atoms with Gasteiger partial charge in [0.25, 0.3) is 0 Å². The van der Waals surface area contributed by atoms with Gasteiger partial charge in [-0.15, -0.1) is 0 Å². The standard InChI is InChI=1S/C25H28O12/c1-31-13-7-5-6-11(22(13)33-3)14-8-12(27)18-15(9-16(32-2)23(34-4)24(18)35-14)36-25-21(30)20(29)19(28)17(10-26)37-25/h5-9,17,19-21,25-26,28-30H,10H2,1-4H3/t17-,19-,20-,21-,25-/m1/s1. The molecule has 0 spiro atoms. The number of benzene rings is 2. The molecule has 1 saturated heterocycles. The summed E-state index contributed by atoms with van der Waals surface area (Å²) in [5, 5.41) is 40.0. The second-order valence-corrected chi connectivity index (χ2v) is 8.15. The average Bonchev–Trinajstić information content (AvgIpc) is 2.91. The summed E-state index contributed by atoms with van der Waals surface area (Å²) in [4.78, 5) is 13.4. The fourth-order valence-electron chi connectivity index (χ4n) is 4.20. The first-order valence-corrected chi connectivity index (χ1v) is 11.2. The lowest BCUT2D eigenvalue weighted by Crippen LogP contribution is -2.60. The van der Waals surface area contributed by atoms with Crippen LogP contribution >= 0.6 is 0 Å². The Morgan fingerprint density at radius 2 is 1.54 bits per heavy atom. The Kier molecular flexibility index (Phi) is 7.76. The Bertz CT molecular complexity index is 1320. The highest BCUT2D eigenvalue weighted by atomic mass is 16.7. The van der Waals surface area contributed by atoms with E-state index >= 15 is 0 Å². The van der Waals surface area contributed by atoms with E-state index in [1.54, 1.807) is 18.2 Å². The van der Waals surface area contributed by atoms with E-state index in [0.29, 0.717) is 17.1 Å². The molecule has 0 unspecified atom stereocenters. The van der Waals surface area contributed by atoms with Gasteiger partial charge in [0.2, 0.25) is 12.0 Å². The van der Waals surface area contributed by atoms with Crippen molar-refractivity contribution in [3.63, 3.8) is 0 Å². The molecule has 12 nitrogen and oxygen atoms in total. The Balaban J connectivity index is 1.90. The maximum absolute atomic E-state index is 13.4. The summed E-state index contributed by atoms with van der Waals surface area (Å²) < 4.78 is 39.0. The fraction of sp³-hybridized carbons (Fsp3) is 0.400. The molecule has 1 aromatic heterocycles. The van der Waals surface area contributed by atoms with Gasteiger partial charge in [-0.3, -0.25) is 4.79 Å². The molecule has 12 heteroatoms. The summed E-state index contributed by atoms with van der Waals surface area (Å²) in [6.45, 7) is -0.647. The number of para-hydroxylation sites is 1. The molecule has 0 saturated carbocycles. The van der Waals surface area contributed by atoms with Crippen LogP contribution in [0.15, 0.2) is 39.5 Å². The van der Waals surface area contributed by atoms with Gasteiger partial charge in [-0.05, 0) is 12.1 Å². The maximum atomic E-state index is 13.4. The van der Waals surface area contributed by atoms with Crippen molar-refractivity contribution in [3.05, 3.63) is 40.6 Å². The molecule has 2 aromatic carbocycles. The van der Waals surface area contributed by atoms with E-state index < -0.39 is 42.7 Å². The summed E-state index contributed by atoms with van der Waals surface area (Å²) >= 11 is 0. The van der Waals surface area contributed by atoms with Gasteiger partial charge in [0.05, 0.1) is 40.6 Å². The molecule has 0 amide bonds. The Hall–Kier alpha value is -3.55. The predicted octanol–water partition coefficient (Wildman–Crippen LogP) is 0.673. The molecule has 1 fully saturated rings. The van der Waals surface area contributed by atoms with Crippen molar-refractivity contribution in [2.45, 2.75) is 30.7 Å². The lowest BCUT2D eigenvalue weighted by molar-refractivity contribution is -0.277. The SMILES string of the molecule is COc1cccc(-c2cc(=O)c3c(O[C@@H]4O[C@H](CO)[C@@H](O)[C@@H](O)[C@H]4O)cc(OC)c(OC)c3o2)c1OC. The zero-order valence-electron chi connectivity index (χ0n) is 20.5. The van der Waals surface area contributed by atoms with Crippen LogP contribution in [0.3, 0.4) is 0 Å². The number of hydrogen-bond donors (Lipinski definition) is 4. The lowest BCUT2D eigenvalue weighted by Gasteiger charge is -2.39. The van der Waals surface area contributed by atoms with Gasteiger partial charge in [-0.1, -0.05) is 6.07 Å². The minimum Gasteiger partial charge on any atom is -0.493 e. The van der Waals surface area contributed by atoms with E-state index in [1.807, 2.05) is 0 Å². The van der Waals surface area contributed by atoms with Crippen LogP contribution in [0.5, 0.6) is 28.7 Å². The minimum absolute atomic E-state index is 0.0335. The summed E-state index contributed by atoms with van der Waals surface area (Å²) in [6, 6.07) is 7.65. The van der Waals surface area contributed by atoms with Gasteiger partial charge in [-0.2, -0.15) is 0 Å². The summed E-state index contributed by atoms with van der Waals surface area (Å²) in [5.41, 5.74) is -0.141. The largest absolute Gasteiger partial charge is 0.493 e. The molecule has 5 atom stereocenters. The first-order valence-electron chi connectivity index (χ1n) is 11.2. The van der Waals surface area contributed by atoms with Crippen molar-refractivity contribution in [3.8, 4) is 40.1 Å². The zero-order chi connectivity index (χ0) is 26.9. The topological polar surface area (TPSA) is 167 Å². The van der Waals surface area contributed by atoms with E-state index in [4.69, 9.17) is 32.8 Å². The van der Waals surface area contributed by atoms with Gasteiger partial charge in [0, 0.05) is 12.1 Å². The molecule has 37 heavy (non-hydrogen) atoms. The van der Waals surface area contributed by atoms with Crippen LogP contribution in [0.4, 0.5) is 0 Å². The van der Waals surface area contributed by atoms with Gasteiger partial charge < -0.3 is 53.3 Å². The van der Waals surface area contributed by atoms with E-state index in [1.165, 1.54) is 40.6 Å². The van der Waals surface area contributed by atoms with Gasteiger partial charge in [-0.25, -0.2) is 0 Å². The van der Waals surface area contributed by atoms with E-state index in [-0.39, 0.29) is 34.0 Å². The van der Waals surface area contributed by atoms with Crippen LogP contribution < -0.4 is 29.1 Å². The van der Waals surface area contributed by atoms with Gasteiger partial charge in [0.15, 0.2) is 28.3 Å². The number of rotatable bonds is 8. The van der Waals surface area contributed by atoms with Crippen molar-refractivity contribution < 1.29 is 53.3 Å². The summed E-state index contributed by atoms with van der Waals surface area (Å²) in [5.74, 6) is 1.01. The lowest BCUT2D eigenvalue weighted by atomic mass is 9.99. The molecule has 4 rings (SSSR count). The molecule has 4 N–H and O–H groups in total. The third-order valence-corrected chi connectivity index (χ3v) is 6.07. The molecular weight excluding hydrogens is 492 g/mol. The van der Waals surface area contributed by atoms with E-state index in [0.717, 1.165) is 0 Å². The molecule has 0 radical (unpaired) electrons. The molecule has 1 aliphatic rings. The maximum Gasteiger partial charge on any atom is 0.229 e. The normalized spacial score (nSPS) is 23.5. The molecule has 3 aromatic rings. The van der Waals surface area contributed by atoms with Crippen molar-refractivity contribution in [2.75, 3.05) is 35.0 Å². The smallest absolute Gasteiger partial charge is 0.229 e. The summed E-state index contributed by atoms with van der Waals surface area (Å²) in [6.07, 6.45) is -7.71. The van der Waals surface area contributed by atoms with Crippen LogP contribution in [0.25, 0.3) is 22.3 Å². The highest BCUT2D eigenvalue weighted by Gasteiger charge is 2.45. The number of aliphatic hydroxyl groups is 4. The number of fused-ring (bicyclic) bond motifs is 1. The van der Waals surface area contributed by atoms with Crippen molar-refractivity contribution in [1.82, 2.24) is 0 Å². The highest BCUT2D eigenvalue weighted by Crippen LogP contribution is 2.44. The number of aliphatic hydroxyl groups excluding tert-OH is 4. The molecule has 0 bridgehead atoms. The van der Waals surface area contributed by atoms with Crippen LogP contribution in [-0.4, -0.2) is 86.2 Å². The minimum atomic E-state index is -1.70. The predicted molar refractivity (Wildman–Crippen MR) is 129 cm³/mol. The van der Waals surface area contributed by atoms with Crippen molar-refractivity contribution >= 4 is 11.0 Å². The third kappa shape index (κ3) is 4.65. The Morgan fingerprint density at radius 3 is 2.16 bits per heavy atom. The monoisotopic (exact) mass is 520 g/mol. The van der Waals surface area contributed by atoms with Crippen molar-refractivity contribution in [1.29, 1.82) is 0 Å². The average molecular weight is 520 g/mol. The quantitative estimate of drug-likeness (QED) is 0.328. The summed E-state index contributed by atoms with van der Waals surface area (Å²) in [7, 11) is 5.67. The molecule has 2 heterocycles. The van der Waals surface area contributed by atoms with Crippen LogP contribution in [0.1, 0.15) is 0 Å². The fourth-order valence-corrected chi connectivity index (χ4v) is 4.20.